The van der Waals surface area contributed by atoms with Crippen LogP contribution in [0, 0.1) is 6.92 Å². The van der Waals surface area contributed by atoms with E-state index in [0.29, 0.717) is 12.5 Å². The van der Waals surface area contributed by atoms with Crippen LogP contribution in [0.15, 0.2) is 6.20 Å². The van der Waals surface area contributed by atoms with Crippen molar-refractivity contribution >= 4 is 5.91 Å². The van der Waals surface area contributed by atoms with Crippen LogP contribution in [0.1, 0.15) is 24.1 Å². The highest BCUT2D eigenvalue weighted by Gasteiger charge is 2.19. The summed E-state index contributed by atoms with van der Waals surface area (Å²) >= 11 is 0. The molecule has 1 unspecified atom stereocenters. The molecule has 0 aromatic carbocycles. The summed E-state index contributed by atoms with van der Waals surface area (Å²) in [6, 6.07) is 0.296. The number of carbonyl (C=O) groups is 1. The standard InChI is InChI=1S/C11H18N4O/c1-8-9(7-15(2)14-8)5-12-6-10-3-4-11(16)13-10/h7,10,12H,3-6H2,1-2H3,(H,13,16). The van der Waals surface area contributed by atoms with Crippen LogP contribution in [0.25, 0.3) is 0 Å². The summed E-state index contributed by atoms with van der Waals surface area (Å²) in [6.45, 7) is 3.65. The molecule has 16 heavy (non-hydrogen) atoms. The Hall–Kier alpha value is -1.36. The van der Waals surface area contributed by atoms with E-state index in [-0.39, 0.29) is 5.91 Å². The second kappa shape index (κ2) is 4.65. The summed E-state index contributed by atoms with van der Waals surface area (Å²) < 4.78 is 1.82. The largest absolute Gasteiger partial charge is 0.352 e. The minimum Gasteiger partial charge on any atom is -0.352 e. The molecule has 0 saturated carbocycles. The molecule has 5 nitrogen and oxygen atoms in total. The molecule has 1 aliphatic rings. The topological polar surface area (TPSA) is 59.0 Å². The van der Waals surface area contributed by atoms with Crippen LogP contribution in [0.4, 0.5) is 0 Å². The maximum atomic E-state index is 11.0. The van der Waals surface area contributed by atoms with Crippen molar-refractivity contribution in [2.75, 3.05) is 6.54 Å². The predicted molar refractivity (Wildman–Crippen MR) is 60.8 cm³/mol. The molecule has 1 aliphatic heterocycles. The minimum absolute atomic E-state index is 0.171. The van der Waals surface area contributed by atoms with Crippen molar-refractivity contribution < 1.29 is 4.79 Å². The van der Waals surface area contributed by atoms with Crippen molar-refractivity contribution in [3.05, 3.63) is 17.5 Å². The zero-order valence-electron chi connectivity index (χ0n) is 9.79. The van der Waals surface area contributed by atoms with Gasteiger partial charge in [0.05, 0.1) is 5.69 Å². The third kappa shape index (κ3) is 2.61. The molecule has 1 saturated heterocycles. The Labute approximate surface area is 95.2 Å². The highest BCUT2D eigenvalue weighted by atomic mass is 16.1. The van der Waals surface area contributed by atoms with Gasteiger partial charge in [-0.2, -0.15) is 5.10 Å². The second-order valence-corrected chi connectivity index (χ2v) is 4.35. The van der Waals surface area contributed by atoms with E-state index in [9.17, 15) is 4.79 Å². The summed E-state index contributed by atoms with van der Waals surface area (Å²) in [6.07, 6.45) is 3.63. The van der Waals surface area contributed by atoms with Gasteiger partial charge in [0.15, 0.2) is 0 Å². The normalized spacial score (nSPS) is 20.1. The third-order valence-corrected chi connectivity index (χ3v) is 2.91. The SMILES string of the molecule is Cc1nn(C)cc1CNCC1CCC(=O)N1. The number of rotatable bonds is 4. The number of nitrogens with one attached hydrogen (secondary N) is 2. The van der Waals surface area contributed by atoms with Gasteiger partial charge in [-0.15, -0.1) is 0 Å². The highest BCUT2D eigenvalue weighted by Crippen LogP contribution is 2.07. The van der Waals surface area contributed by atoms with Crippen molar-refractivity contribution in [2.24, 2.45) is 7.05 Å². The molecule has 2 rings (SSSR count). The first-order valence-electron chi connectivity index (χ1n) is 5.64. The third-order valence-electron chi connectivity index (χ3n) is 2.91. The molecule has 1 atom stereocenters. The molecule has 2 heterocycles. The monoisotopic (exact) mass is 222 g/mol. The van der Waals surface area contributed by atoms with Crippen LogP contribution >= 0.6 is 0 Å². The molecular weight excluding hydrogens is 204 g/mol. The smallest absolute Gasteiger partial charge is 0.220 e. The molecule has 0 radical (unpaired) electrons. The average molecular weight is 222 g/mol. The number of amides is 1. The number of hydrogen-bond donors (Lipinski definition) is 2. The fourth-order valence-corrected chi connectivity index (χ4v) is 2.03. The van der Waals surface area contributed by atoms with E-state index < -0.39 is 0 Å². The lowest BCUT2D eigenvalue weighted by atomic mass is 10.2. The van der Waals surface area contributed by atoms with Gasteiger partial charge in [-0.3, -0.25) is 9.48 Å². The van der Waals surface area contributed by atoms with Gasteiger partial charge in [0, 0.05) is 44.4 Å². The van der Waals surface area contributed by atoms with E-state index in [0.717, 1.165) is 25.2 Å². The lowest BCUT2D eigenvalue weighted by molar-refractivity contribution is -0.119. The molecule has 0 spiro atoms. The molecule has 88 valence electrons. The number of aromatic nitrogens is 2. The zero-order valence-corrected chi connectivity index (χ0v) is 9.79. The molecule has 0 aliphatic carbocycles. The molecule has 1 aromatic heterocycles. The van der Waals surface area contributed by atoms with Crippen LogP contribution in [0.2, 0.25) is 0 Å². The number of carbonyl (C=O) groups excluding carboxylic acids is 1. The van der Waals surface area contributed by atoms with Gasteiger partial charge in [-0.05, 0) is 13.3 Å². The average Bonchev–Trinajstić information content (AvgIpc) is 2.74. The lowest BCUT2D eigenvalue weighted by Gasteiger charge is -2.10. The van der Waals surface area contributed by atoms with Crippen LogP contribution in [-0.2, 0) is 18.4 Å². The van der Waals surface area contributed by atoms with Crippen LogP contribution in [-0.4, -0.2) is 28.3 Å². The molecule has 1 amide bonds. The van der Waals surface area contributed by atoms with Gasteiger partial charge in [0.2, 0.25) is 5.91 Å². The van der Waals surface area contributed by atoms with Crippen molar-refractivity contribution in [2.45, 2.75) is 32.4 Å². The second-order valence-electron chi connectivity index (χ2n) is 4.35. The molecular formula is C11H18N4O. The fraction of sp³-hybridized carbons (Fsp3) is 0.636. The Kier molecular flexibility index (Phi) is 3.24. The van der Waals surface area contributed by atoms with Gasteiger partial charge in [0.1, 0.15) is 0 Å². The van der Waals surface area contributed by atoms with Crippen molar-refractivity contribution in [3.8, 4) is 0 Å². The Morgan fingerprint density at radius 2 is 2.50 bits per heavy atom. The fourth-order valence-electron chi connectivity index (χ4n) is 2.03. The van der Waals surface area contributed by atoms with E-state index in [1.165, 1.54) is 5.56 Å². The van der Waals surface area contributed by atoms with Crippen LogP contribution in [0.3, 0.4) is 0 Å². The van der Waals surface area contributed by atoms with E-state index in [1.54, 1.807) is 0 Å². The summed E-state index contributed by atoms with van der Waals surface area (Å²) in [5.41, 5.74) is 2.28. The molecule has 2 N–H and O–H groups in total. The first-order chi connectivity index (χ1) is 7.65. The molecule has 1 aromatic rings. The quantitative estimate of drug-likeness (QED) is 0.759. The summed E-state index contributed by atoms with van der Waals surface area (Å²) in [5, 5.41) is 10.6. The van der Waals surface area contributed by atoms with Crippen molar-refractivity contribution in [1.29, 1.82) is 0 Å². The van der Waals surface area contributed by atoms with Gasteiger partial charge < -0.3 is 10.6 Å². The first-order valence-corrected chi connectivity index (χ1v) is 5.64. The van der Waals surface area contributed by atoms with Crippen molar-refractivity contribution in [1.82, 2.24) is 20.4 Å². The summed E-state index contributed by atoms with van der Waals surface area (Å²) in [7, 11) is 1.92. The van der Waals surface area contributed by atoms with Gasteiger partial charge >= 0.3 is 0 Å². The summed E-state index contributed by atoms with van der Waals surface area (Å²) in [5.74, 6) is 0.171. The molecule has 0 bridgehead atoms. The Morgan fingerprint density at radius 3 is 3.06 bits per heavy atom. The maximum Gasteiger partial charge on any atom is 0.220 e. The highest BCUT2D eigenvalue weighted by molar-refractivity contribution is 5.78. The Bertz CT molecular complexity index is 385. The molecule has 5 heteroatoms. The van der Waals surface area contributed by atoms with E-state index in [4.69, 9.17) is 0 Å². The van der Waals surface area contributed by atoms with E-state index >= 15 is 0 Å². The number of nitrogens with zero attached hydrogens (tertiary/aromatic N) is 2. The lowest BCUT2D eigenvalue weighted by Crippen LogP contribution is -2.35. The number of hydrogen-bond acceptors (Lipinski definition) is 3. The van der Waals surface area contributed by atoms with E-state index in [1.807, 2.05) is 24.9 Å². The minimum atomic E-state index is 0.171. The van der Waals surface area contributed by atoms with Crippen LogP contribution < -0.4 is 10.6 Å². The molecule has 1 fully saturated rings. The van der Waals surface area contributed by atoms with Gasteiger partial charge in [-0.25, -0.2) is 0 Å². The van der Waals surface area contributed by atoms with E-state index in [2.05, 4.69) is 15.7 Å². The van der Waals surface area contributed by atoms with Crippen LogP contribution in [0.5, 0.6) is 0 Å². The summed E-state index contributed by atoms with van der Waals surface area (Å²) in [4.78, 5) is 11.0. The Balaban J connectivity index is 1.76. The number of aryl methyl sites for hydroxylation is 2. The maximum absolute atomic E-state index is 11.0. The zero-order chi connectivity index (χ0) is 11.5. The first kappa shape index (κ1) is 11.1. The van der Waals surface area contributed by atoms with Gasteiger partial charge in [-0.1, -0.05) is 0 Å². The van der Waals surface area contributed by atoms with Gasteiger partial charge in [0.25, 0.3) is 0 Å². The predicted octanol–water partition coefficient (Wildman–Crippen LogP) is 0.0967. The Morgan fingerprint density at radius 1 is 1.69 bits per heavy atom. The van der Waals surface area contributed by atoms with Crippen molar-refractivity contribution in [3.63, 3.8) is 0 Å².